The zero-order valence-corrected chi connectivity index (χ0v) is 13.2. The van der Waals surface area contributed by atoms with Crippen LogP contribution in [0.3, 0.4) is 0 Å². The van der Waals surface area contributed by atoms with Crippen LogP contribution in [-0.2, 0) is 9.53 Å². The maximum Gasteiger partial charge on any atom is 0.409 e. The van der Waals surface area contributed by atoms with Gasteiger partial charge in [-0.25, -0.2) is 4.79 Å². The van der Waals surface area contributed by atoms with Gasteiger partial charge >= 0.3 is 6.09 Å². The molecule has 120 valence electrons. The van der Waals surface area contributed by atoms with E-state index in [9.17, 15) is 9.59 Å². The highest BCUT2D eigenvalue weighted by Crippen LogP contribution is 2.20. The van der Waals surface area contributed by atoms with Gasteiger partial charge < -0.3 is 20.3 Å². The Balaban J connectivity index is 1.72. The molecule has 2 N–H and O–H groups in total. The minimum Gasteiger partial charge on any atom is -0.453 e. The lowest BCUT2D eigenvalue weighted by Gasteiger charge is -2.31. The van der Waals surface area contributed by atoms with Crippen LogP contribution in [0, 0.1) is 0 Å². The van der Waals surface area contributed by atoms with Gasteiger partial charge in [-0.1, -0.05) is 23.7 Å². The number of rotatable bonds is 4. The number of ether oxygens (including phenoxy) is 1. The number of amides is 2. The van der Waals surface area contributed by atoms with Crippen LogP contribution in [0.1, 0.15) is 12.8 Å². The molecule has 0 bridgehead atoms. The fourth-order valence-electron chi connectivity index (χ4n) is 2.39. The molecule has 0 aromatic heterocycles. The third kappa shape index (κ3) is 4.53. The molecule has 1 aromatic rings. The minimum atomic E-state index is -0.315. The van der Waals surface area contributed by atoms with E-state index in [0.29, 0.717) is 18.1 Å². The van der Waals surface area contributed by atoms with Gasteiger partial charge in [-0.3, -0.25) is 4.79 Å². The Hall–Kier alpha value is -1.95. The van der Waals surface area contributed by atoms with E-state index in [1.54, 1.807) is 11.0 Å². The third-order valence-electron chi connectivity index (χ3n) is 3.61. The Bertz CT molecular complexity index is 531. The standard InChI is InChI=1S/C15H20ClN3O3/c1-22-15(21)19-8-6-11(7-9-19)18-14(20)10-17-13-5-3-2-4-12(13)16/h2-5,11,17H,6-10H2,1H3,(H,18,20). The number of hydrogen-bond acceptors (Lipinski definition) is 4. The van der Waals surface area contributed by atoms with Crippen LogP contribution >= 0.6 is 11.6 Å². The normalized spacial score (nSPS) is 15.3. The number of piperidine rings is 1. The van der Waals surface area contributed by atoms with Gasteiger partial charge in [0.15, 0.2) is 0 Å². The SMILES string of the molecule is COC(=O)N1CCC(NC(=O)CNc2ccccc2Cl)CC1. The lowest BCUT2D eigenvalue weighted by molar-refractivity contribution is -0.120. The topological polar surface area (TPSA) is 70.7 Å². The van der Waals surface area contributed by atoms with Gasteiger partial charge in [-0.15, -0.1) is 0 Å². The van der Waals surface area contributed by atoms with E-state index in [4.69, 9.17) is 11.6 Å². The highest BCUT2D eigenvalue weighted by Gasteiger charge is 2.24. The molecule has 0 atom stereocenters. The van der Waals surface area contributed by atoms with Gasteiger partial charge in [0.1, 0.15) is 0 Å². The Labute approximate surface area is 134 Å². The Morgan fingerprint density at radius 3 is 2.64 bits per heavy atom. The molecule has 0 saturated carbocycles. The predicted octanol–water partition coefficient (Wildman–Crippen LogP) is 2.10. The summed E-state index contributed by atoms with van der Waals surface area (Å²) >= 11 is 6.02. The number of methoxy groups -OCH3 is 1. The largest absolute Gasteiger partial charge is 0.453 e. The molecular formula is C15H20ClN3O3. The molecule has 1 aromatic carbocycles. The highest BCUT2D eigenvalue weighted by molar-refractivity contribution is 6.33. The molecule has 0 aliphatic carbocycles. The van der Waals surface area contributed by atoms with E-state index in [1.165, 1.54) is 7.11 Å². The molecule has 1 fully saturated rings. The summed E-state index contributed by atoms with van der Waals surface area (Å²) in [4.78, 5) is 25.0. The van der Waals surface area contributed by atoms with E-state index in [-0.39, 0.29) is 24.6 Å². The van der Waals surface area contributed by atoms with Crippen molar-refractivity contribution in [3.05, 3.63) is 29.3 Å². The zero-order chi connectivity index (χ0) is 15.9. The molecule has 6 nitrogen and oxygen atoms in total. The van der Waals surface area contributed by atoms with Crippen molar-refractivity contribution in [1.82, 2.24) is 10.2 Å². The first-order valence-corrected chi connectivity index (χ1v) is 7.58. The fraction of sp³-hybridized carbons (Fsp3) is 0.467. The van der Waals surface area contributed by atoms with E-state index in [0.717, 1.165) is 18.5 Å². The molecule has 0 unspecified atom stereocenters. The van der Waals surface area contributed by atoms with E-state index < -0.39 is 0 Å². The number of benzene rings is 1. The zero-order valence-electron chi connectivity index (χ0n) is 12.5. The van der Waals surface area contributed by atoms with Gasteiger partial charge in [0.05, 0.1) is 24.4 Å². The first-order valence-electron chi connectivity index (χ1n) is 7.21. The highest BCUT2D eigenvalue weighted by atomic mass is 35.5. The summed E-state index contributed by atoms with van der Waals surface area (Å²) in [6.45, 7) is 1.35. The quantitative estimate of drug-likeness (QED) is 0.889. The van der Waals surface area contributed by atoms with Gasteiger partial charge in [0.2, 0.25) is 5.91 Å². The fourth-order valence-corrected chi connectivity index (χ4v) is 2.60. The summed E-state index contributed by atoms with van der Waals surface area (Å²) in [7, 11) is 1.37. The van der Waals surface area contributed by atoms with E-state index >= 15 is 0 Å². The number of carbonyl (C=O) groups excluding carboxylic acids is 2. The number of anilines is 1. The third-order valence-corrected chi connectivity index (χ3v) is 3.94. The van der Waals surface area contributed by atoms with Crippen molar-refractivity contribution in [3.8, 4) is 0 Å². The summed E-state index contributed by atoms with van der Waals surface area (Å²) in [5.74, 6) is -0.0866. The molecule has 7 heteroatoms. The van der Waals surface area contributed by atoms with Crippen LogP contribution in [0.4, 0.5) is 10.5 Å². The molecule has 2 amide bonds. The van der Waals surface area contributed by atoms with Crippen molar-refractivity contribution in [1.29, 1.82) is 0 Å². The second kappa shape index (κ2) is 7.89. The average Bonchev–Trinajstić information content (AvgIpc) is 2.54. The number of hydrogen-bond donors (Lipinski definition) is 2. The number of nitrogens with zero attached hydrogens (tertiary/aromatic N) is 1. The van der Waals surface area contributed by atoms with Crippen LogP contribution in [0.15, 0.2) is 24.3 Å². The van der Waals surface area contributed by atoms with Crippen LogP contribution in [0.5, 0.6) is 0 Å². The van der Waals surface area contributed by atoms with E-state index in [1.807, 2.05) is 18.2 Å². The average molecular weight is 326 g/mol. The second-order valence-electron chi connectivity index (χ2n) is 5.13. The molecule has 1 saturated heterocycles. The van der Waals surface area contributed by atoms with Crippen molar-refractivity contribution in [2.24, 2.45) is 0 Å². The summed E-state index contributed by atoms with van der Waals surface area (Å²) in [5.41, 5.74) is 0.736. The van der Waals surface area contributed by atoms with Crippen molar-refractivity contribution in [2.75, 3.05) is 32.1 Å². The predicted molar refractivity (Wildman–Crippen MR) is 85.1 cm³/mol. The summed E-state index contributed by atoms with van der Waals surface area (Å²) in [6.07, 6.45) is 1.14. The maximum absolute atomic E-state index is 11.9. The van der Waals surface area contributed by atoms with Gasteiger partial charge in [-0.2, -0.15) is 0 Å². The molecule has 1 heterocycles. The number of para-hydroxylation sites is 1. The van der Waals surface area contributed by atoms with Gasteiger partial charge in [-0.05, 0) is 25.0 Å². The Kier molecular flexibility index (Phi) is 5.89. The Morgan fingerprint density at radius 1 is 1.32 bits per heavy atom. The first-order chi connectivity index (χ1) is 10.6. The molecule has 1 aliphatic rings. The number of likely N-dealkylation sites (tertiary alicyclic amines) is 1. The summed E-state index contributed by atoms with van der Waals surface area (Å²) in [5, 5.41) is 6.56. The van der Waals surface area contributed by atoms with Crippen molar-refractivity contribution in [2.45, 2.75) is 18.9 Å². The molecular weight excluding hydrogens is 306 g/mol. The van der Waals surface area contributed by atoms with Crippen molar-refractivity contribution < 1.29 is 14.3 Å². The maximum atomic E-state index is 11.9. The van der Waals surface area contributed by atoms with Gasteiger partial charge in [0.25, 0.3) is 0 Å². The summed E-state index contributed by atoms with van der Waals surface area (Å²) in [6, 6.07) is 7.37. The molecule has 2 rings (SSSR count). The molecule has 0 spiro atoms. The van der Waals surface area contributed by atoms with Gasteiger partial charge in [0, 0.05) is 19.1 Å². The van der Waals surface area contributed by atoms with Crippen LogP contribution < -0.4 is 10.6 Å². The Morgan fingerprint density at radius 2 is 2.00 bits per heavy atom. The molecule has 0 radical (unpaired) electrons. The van der Waals surface area contributed by atoms with Crippen LogP contribution in [0.2, 0.25) is 5.02 Å². The summed E-state index contributed by atoms with van der Waals surface area (Å²) < 4.78 is 4.68. The molecule has 1 aliphatic heterocycles. The monoisotopic (exact) mass is 325 g/mol. The molecule has 22 heavy (non-hydrogen) atoms. The number of carbonyl (C=O) groups is 2. The number of nitrogens with one attached hydrogen (secondary N) is 2. The van der Waals surface area contributed by atoms with Crippen molar-refractivity contribution in [3.63, 3.8) is 0 Å². The number of halogens is 1. The lowest BCUT2D eigenvalue weighted by Crippen LogP contribution is -2.47. The van der Waals surface area contributed by atoms with Crippen LogP contribution in [-0.4, -0.2) is 49.7 Å². The smallest absolute Gasteiger partial charge is 0.409 e. The first kappa shape index (κ1) is 16.4. The second-order valence-corrected chi connectivity index (χ2v) is 5.54. The van der Waals surface area contributed by atoms with Crippen LogP contribution in [0.25, 0.3) is 0 Å². The van der Waals surface area contributed by atoms with Crippen molar-refractivity contribution >= 4 is 29.3 Å². The van der Waals surface area contributed by atoms with E-state index in [2.05, 4.69) is 15.4 Å². The lowest BCUT2D eigenvalue weighted by atomic mass is 10.1. The minimum absolute atomic E-state index is 0.0847.